The van der Waals surface area contributed by atoms with Gasteiger partial charge in [0.15, 0.2) is 0 Å². The van der Waals surface area contributed by atoms with Gasteiger partial charge in [0, 0.05) is 43.7 Å². The Hall–Kier alpha value is -1.75. The normalized spacial score (nSPS) is 19.1. The molecule has 2 heterocycles. The third kappa shape index (κ3) is 2.14. The summed E-state index contributed by atoms with van der Waals surface area (Å²) in [6.45, 7) is 4.05. The van der Waals surface area contributed by atoms with Crippen LogP contribution < -0.4 is 10.5 Å². The summed E-state index contributed by atoms with van der Waals surface area (Å²) in [6, 6.07) is 3.61. The number of rotatable bonds is 1. The van der Waals surface area contributed by atoms with Gasteiger partial charge >= 0.3 is 0 Å². The topological polar surface area (TPSA) is 58.8 Å². The fourth-order valence-electron chi connectivity index (χ4n) is 2.70. The molecule has 0 unspecified atom stereocenters. The number of fused-ring (bicyclic) bond motifs is 1. The maximum absolute atomic E-state index is 12.6. The lowest BCUT2D eigenvalue weighted by Crippen LogP contribution is -2.47. The minimum Gasteiger partial charge on any atom is -0.491 e. The molecule has 1 saturated heterocycles. The Morgan fingerprint density at radius 2 is 2.00 bits per heavy atom. The van der Waals surface area contributed by atoms with Crippen LogP contribution in [0.2, 0.25) is 0 Å². The van der Waals surface area contributed by atoms with Crippen molar-refractivity contribution in [3.8, 4) is 5.75 Å². The van der Waals surface area contributed by atoms with E-state index in [-0.39, 0.29) is 5.91 Å². The van der Waals surface area contributed by atoms with Gasteiger partial charge in [-0.3, -0.25) is 4.79 Å². The molecule has 0 spiro atoms. The van der Waals surface area contributed by atoms with E-state index < -0.39 is 0 Å². The second kappa shape index (κ2) is 4.74. The van der Waals surface area contributed by atoms with Gasteiger partial charge in [0.05, 0.1) is 12.3 Å². The minimum atomic E-state index is 0.106. The van der Waals surface area contributed by atoms with Crippen molar-refractivity contribution in [3.63, 3.8) is 0 Å². The van der Waals surface area contributed by atoms with E-state index in [9.17, 15) is 4.79 Å². The van der Waals surface area contributed by atoms with Gasteiger partial charge in [-0.15, -0.1) is 0 Å². The van der Waals surface area contributed by atoms with Gasteiger partial charge in [-0.2, -0.15) is 0 Å². The van der Waals surface area contributed by atoms with E-state index in [1.165, 1.54) is 0 Å². The first-order valence-corrected chi connectivity index (χ1v) is 6.69. The molecular weight excluding hydrogens is 242 g/mol. The van der Waals surface area contributed by atoms with Crippen LogP contribution in [0, 0.1) is 0 Å². The molecule has 0 aromatic heterocycles. The average molecular weight is 261 g/mol. The second-order valence-corrected chi connectivity index (χ2v) is 5.20. The number of carbonyl (C=O) groups excluding carboxylic acids is 1. The molecule has 0 saturated carbocycles. The highest BCUT2D eigenvalue weighted by atomic mass is 16.5. The van der Waals surface area contributed by atoms with Crippen molar-refractivity contribution in [2.75, 3.05) is 45.6 Å². The summed E-state index contributed by atoms with van der Waals surface area (Å²) < 4.78 is 5.52. The number of hydrogen-bond acceptors (Lipinski definition) is 4. The summed E-state index contributed by atoms with van der Waals surface area (Å²) >= 11 is 0. The molecule has 0 bridgehead atoms. The predicted octanol–water partition coefficient (Wildman–Crippen LogP) is 0.591. The van der Waals surface area contributed by atoms with Gasteiger partial charge in [0.2, 0.25) is 0 Å². The van der Waals surface area contributed by atoms with Gasteiger partial charge in [-0.05, 0) is 19.2 Å². The zero-order chi connectivity index (χ0) is 13.4. The Labute approximate surface area is 112 Å². The Balaban J connectivity index is 1.87. The lowest BCUT2D eigenvalue weighted by atomic mass is 10.0. The predicted molar refractivity (Wildman–Crippen MR) is 73.5 cm³/mol. The third-order valence-corrected chi connectivity index (χ3v) is 3.91. The van der Waals surface area contributed by atoms with Crippen molar-refractivity contribution in [1.29, 1.82) is 0 Å². The Morgan fingerprint density at radius 1 is 1.26 bits per heavy atom. The Morgan fingerprint density at radius 3 is 2.74 bits per heavy atom. The number of benzene rings is 1. The lowest BCUT2D eigenvalue weighted by molar-refractivity contribution is 0.0663. The number of likely N-dealkylation sites (N-methyl/N-ethyl adjacent to an activating group) is 1. The van der Waals surface area contributed by atoms with E-state index in [0.717, 1.165) is 43.7 Å². The van der Waals surface area contributed by atoms with Gasteiger partial charge in [0.25, 0.3) is 5.91 Å². The molecule has 0 aliphatic carbocycles. The van der Waals surface area contributed by atoms with Crippen LogP contribution >= 0.6 is 0 Å². The van der Waals surface area contributed by atoms with Gasteiger partial charge in [-0.25, -0.2) is 0 Å². The van der Waals surface area contributed by atoms with Crippen molar-refractivity contribution in [2.45, 2.75) is 6.42 Å². The molecule has 1 amide bonds. The number of piperazine rings is 1. The summed E-state index contributed by atoms with van der Waals surface area (Å²) in [6.07, 6.45) is 0.773. The first-order valence-electron chi connectivity index (χ1n) is 6.69. The molecule has 3 rings (SSSR count). The van der Waals surface area contributed by atoms with E-state index in [1.54, 1.807) is 6.07 Å². The molecule has 19 heavy (non-hydrogen) atoms. The van der Waals surface area contributed by atoms with E-state index in [4.69, 9.17) is 10.5 Å². The van der Waals surface area contributed by atoms with Crippen molar-refractivity contribution < 1.29 is 9.53 Å². The fraction of sp³-hybridized carbons (Fsp3) is 0.500. The monoisotopic (exact) mass is 261 g/mol. The number of nitrogens with two attached hydrogens (primary N) is 1. The number of anilines is 1. The highest BCUT2D eigenvalue weighted by molar-refractivity contribution is 5.97. The summed E-state index contributed by atoms with van der Waals surface area (Å²) in [7, 11) is 2.08. The second-order valence-electron chi connectivity index (χ2n) is 5.20. The van der Waals surface area contributed by atoms with E-state index in [2.05, 4.69) is 11.9 Å². The average Bonchev–Trinajstić information content (AvgIpc) is 2.89. The maximum Gasteiger partial charge on any atom is 0.254 e. The number of nitrogens with zero attached hydrogens (tertiary/aromatic N) is 2. The highest BCUT2D eigenvalue weighted by Crippen LogP contribution is 2.34. The number of ether oxygens (including phenoxy) is 1. The van der Waals surface area contributed by atoms with E-state index in [0.29, 0.717) is 18.0 Å². The Bertz CT molecular complexity index is 508. The molecule has 5 heteroatoms. The van der Waals surface area contributed by atoms with Crippen molar-refractivity contribution in [2.24, 2.45) is 0 Å². The zero-order valence-electron chi connectivity index (χ0n) is 11.2. The molecule has 102 valence electrons. The molecule has 5 nitrogen and oxygen atoms in total. The fourth-order valence-corrected chi connectivity index (χ4v) is 2.70. The molecule has 1 fully saturated rings. The van der Waals surface area contributed by atoms with Gasteiger partial charge in [-0.1, -0.05) is 0 Å². The van der Waals surface area contributed by atoms with Crippen LogP contribution in [0.4, 0.5) is 5.69 Å². The van der Waals surface area contributed by atoms with Crippen LogP contribution in [0.15, 0.2) is 12.1 Å². The molecule has 1 aromatic carbocycles. The van der Waals surface area contributed by atoms with E-state index in [1.807, 2.05) is 11.0 Å². The number of carbonyl (C=O) groups is 1. The molecule has 0 radical (unpaired) electrons. The van der Waals surface area contributed by atoms with Crippen LogP contribution in [0.1, 0.15) is 15.9 Å². The maximum atomic E-state index is 12.6. The minimum absolute atomic E-state index is 0.106. The molecule has 2 aliphatic rings. The van der Waals surface area contributed by atoms with Gasteiger partial charge < -0.3 is 20.3 Å². The summed E-state index contributed by atoms with van der Waals surface area (Å²) in [5.74, 6) is 0.815. The number of hydrogen-bond donors (Lipinski definition) is 1. The number of nitrogen functional groups attached to an aromatic ring is 1. The third-order valence-electron chi connectivity index (χ3n) is 3.91. The van der Waals surface area contributed by atoms with Crippen molar-refractivity contribution >= 4 is 11.6 Å². The molecule has 1 aromatic rings. The van der Waals surface area contributed by atoms with Crippen LogP contribution in [0.5, 0.6) is 5.75 Å². The summed E-state index contributed by atoms with van der Waals surface area (Å²) in [4.78, 5) is 16.7. The first kappa shape index (κ1) is 12.3. The Kier molecular flexibility index (Phi) is 3.06. The largest absolute Gasteiger partial charge is 0.491 e. The smallest absolute Gasteiger partial charge is 0.254 e. The van der Waals surface area contributed by atoms with Crippen molar-refractivity contribution in [1.82, 2.24) is 9.80 Å². The molecule has 2 aliphatic heterocycles. The highest BCUT2D eigenvalue weighted by Gasteiger charge is 2.27. The van der Waals surface area contributed by atoms with E-state index >= 15 is 0 Å². The molecule has 2 N–H and O–H groups in total. The molecular formula is C14H19N3O2. The quantitative estimate of drug-likeness (QED) is 0.752. The molecule has 0 atom stereocenters. The van der Waals surface area contributed by atoms with Crippen molar-refractivity contribution in [3.05, 3.63) is 23.3 Å². The van der Waals surface area contributed by atoms with Crippen LogP contribution in [0.25, 0.3) is 0 Å². The lowest BCUT2D eigenvalue weighted by Gasteiger charge is -2.32. The first-order chi connectivity index (χ1) is 9.16. The standard InChI is InChI=1S/C14H19N3O2/c1-16-5-7-17(8-6-16)14(18)11-2-3-12(15)13-10(11)4-9-19-13/h2-3H,4-9,15H2,1H3. The summed E-state index contributed by atoms with van der Waals surface area (Å²) in [5.41, 5.74) is 8.24. The summed E-state index contributed by atoms with van der Waals surface area (Å²) in [5, 5.41) is 0. The van der Waals surface area contributed by atoms with Crippen LogP contribution in [-0.2, 0) is 6.42 Å². The SMILES string of the molecule is CN1CCN(C(=O)c2ccc(N)c3c2CCO3)CC1. The van der Waals surface area contributed by atoms with Gasteiger partial charge in [0.1, 0.15) is 5.75 Å². The van der Waals surface area contributed by atoms with Crippen LogP contribution in [0.3, 0.4) is 0 Å². The number of amides is 1. The van der Waals surface area contributed by atoms with Crippen LogP contribution in [-0.4, -0.2) is 55.5 Å². The zero-order valence-corrected chi connectivity index (χ0v) is 11.2.